The number of carbonyl (C=O) groups is 2. The lowest BCUT2D eigenvalue weighted by Crippen LogP contribution is -2.42. The number of ether oxygens (including phenoxy) is 2. The molecule has 2 aromatic heterocycles. The summed E-state index contributed by atoms with van der Waals surface area (Å²) in [6.45, 7) is 2.24. The molecule has 0 unspecified atom stereocenters. The molecule has 1 fully saturated rings. The van der Waals surface area contributed by atoms with E-state index in [0.717, 1.165) is 5.56 Å². The third-order valence-electron chi connectivity index (χ3n) is 7.14. The number of imidazole rings is 1. The molecule has 3 heterocycles. The first-order valence-electron chi connectivity index (χ1n) is 12.9. The maximum atomic E-state index is 13.2. The molecule has 216 valence electrons. The van der Waals surface area contributed by atoms with E-state index in [9.17, 15) is 18.0 Å². The van der Waals surface area contributed by atoms with Crippen LogP contribution < -0.4 is 4.74 Å². The van der Waals surface area contributed by atoms with Crippen molar-refractivity contribution in [2.75, 3.05) is 20.2 Å². The maximum absolute atomic E-state index is 13.2. The van der Waals surface area contributed by atoms with E-state index in [2.05, 4.69) is 4.98 Å². The van der Waals surface area contributed by atoms with Gasteiger partial charge in [0, 0.05) is 29.7 Å². The van der Waals surface area contributed by atoms with Crippen LogP contribution in [0.4, 0.5) is 4.79 Å². The fourth-order valence-electron chi connectivity index (χ4n) is 4.94. The van der Waals surface area contributed by atoms with Gasteiger partial charge in [-0.25, -0.2) is 23.0 Å². The first-order chi connectivity index (χ1) is 19.6. The van der Waals surface area contributed by atoms with Crippen molar-refractivity contribution in [1.82, 2.24) is 14.5 Å². The van der Waals surface area contributed by atoms with Gasteiger partial charge in [-0.05, 0) is 43.5 Å². The van der Waals surface area contributed by atoms with E-state index in [1.54, 1.807) is 41.2 Å². The number of methoxy groups -OCH3 is 1. The third-order valence-corrected chi connectivity index (χ3v) is 10.8. The molecule has 1 atom stereocenters. The lowest BCUT2D eigenvalue weighted by Gasteiger charge is -2.29. The molecule has 0 bridgehead atoms. The number of nitrogens with zero attached hydrogens (tertiary/aromatic N) is 3. The number of sulfone groups is 1. The van der Waals surface area contributed by atoms with Crippen LogP contribution in [-0.2, 0) is 20.3 Å². The SMILES string of the molecule is COC(=O)c1sc(-n2cnc3ccc(CS(=O)(=O)C4CCN(C(=O)O)CC4)cc32)cc1O[C@H](C)c1ccccc1Cl. The summed E-state index contributed by atoms with van der Waals surface area (Å²) in [6.07, 6.45) is 0.674. The molecule has 5 rings (SSSR count). The molecule has 1 N–H and O–H groups in total. The number of thiophene rings is 1. The molecule has 0 radical (unpaired) electrons. The summed E-state index contributed by atoms with van der Waals surface area (Å²) in [4.78, 5) is 29.8. The number of likely N-dealkylation sites (tertiary alicyclic amines) is 1. The Morgan fingerprint density at radius 3 is 2.59 bits per heavy atom. The van der Waals surface area contributed by atoms with Crippen LogP contribution in [-0.4, -0.2) is 65.5 Å². The van der Waals surface area contributed by atoms with Crippen LogP contribution in [0.25, 0.3) is 16.0 Å². The number of hydrogen-bond acceptors (Lipinski definition) is 8. The second kappa shape index (κ2) is 11.7. The molecule has 1 saturated heterocycles. The number of fused-ring (bicyclic) bond motifs is 1. The zero-order valence-electron chi connectivity index (χ0n) is 22.3. The second-order valence-electron chi connectivity index (χ2n) is 9.77. The molecule has 4 aromatic rings. The number of carbonyl (C=O) groups excluding carboxylic acids is 1. The van der Waals surface area contributed by atoms with Gasteiger partial charge in [-0.15, -0.1) is 11.3 Å². The number of hydrogen-bond donors (Lipinski definition) is 1. The number of amides is 1. The number of halogens is 1. The minimum Gasteiger partial charge on any atom is -0.484 e. The number of piperidine rings is 1. The molecule has 1 aliphatic heterocycles. The zero-order chi connectivity index (χ0) is 29.3. The van der Waals surface area contributed by atoms with Crippen molar-refractivity contribution in [2.45, 2.75) is 36.9 Å². The molecule has 1 aliphatic rings. The number of esters is 1. The van der Waals surface area contributed by atoms with Crippen molar-refractivity contribution in [3.63, 3.8) is 0 Å². The predicted molar refractivity (Wildman–Crippen MR) is 156 cm³/mol. The van der Waals surface area contributed by atoms with Crippen LogP contribution in [0.3, 0.4) is 0 Å². The van der Waals surface area contributed by atoms with E-state index in [4.69, 9.17) is 26.2 Å². The largest absolute Gasteiger partial charge is 0.484 e. The number of rotatable bonds is 8. The monoisotopic (exact) mass is 617 g/mol. The highest BCUT2D eigenvalue weighted by Crippen LogP contribution is 2.38. The molecule has 2 aromatic carbocycles. The van der Waals surface area contributed by atoms with E-state index in [1.807, 2.05) is 25.1 Å². The summed E-state index contributed by atoms with van der Waals surface area (Å²) < 4.78 is 39.3. The number of carboxylic acid groups (broad SMARTS) is 1. The average molecular weight is 618 g/mol. The van der Waals surface area contributed by atoms with Crippen molar-refractivity contribution in [1.29, 1.82) is 0 Å². The van der Waals surface area contributed by atoms with Gasteiger partial charge in [-0.1, -0.05) is 35.9 Å². The van der Waals surface area contributed by atoms with Crippen LogP contribution in [0.1, 0.15) is 46.7 Å². The minimum atomic E-state index is -3.51. The molecule has 10 nitrogen and oxygen atoms in total. The van der Waals surface area contributed by atoms with Crippen molar-refractivity contribution in [2.24, 2.45) is 0 Å². The molecule has 0 saturated carbocycles. The maximum Gasteiger partial charge on any atom is 0.407 e. The Bertz CT molecular complexity index is 1710. The zero-order valence-corrected chi connectivity index (χ0v) is 24.7. The molecule has 1 amide bonds. The Hall–Kier alpha value is -3.61. The summed E-state index contributed by atoms with van der Waals surface area (Å²) in [5.74, 6) is -0.390. The van der Waals surface area contributed by atoms with Crippen molar-refractivity contribution >= 4 is 55.9 Å². The van der Waals surface area contributed by atoms with Crippen molar-refractivity contribution in [3.8, 4) is 10.8 Å². The lowest BCUT2D eigenvalue weighted by molar-refractivity contribution is 0.0600. The van der Waals surface area contributed by atoms with E-state index >= 15 is 0 Å². The van der Waals surface area contributed by atoms with Gasteiger partial charge in [0.05, 0.1) is 29.1 Å². The van der Waals surface area contributed by atoms with Gasteiger partial charge in [0.25, 0.3) is 0 Å². The fourth-order valence-corrected chi connectivity index (χ4v) is 8.03. The van der Waals surface area contributed by atoms with E-state index in [1.165, 1.54) is 23.3 Å². The van der Waals surface area contributed by atoms with E-state index < -0.39 is 33.3 Å². The molecule has 0 aliphatic carbocycles. The van der Waals surface area contributed by atoms with E-state index in [-0.39, 0.29) is 36.6 Å². The first kappa shape index (κ1) is 28.9. The first-order valence-corrected chi connectivity index (χ1v) is 15.8. The van der Waals surface area contributed by atoms with Crippen molar-refractivity contribution in [3.05, 3.63) is 75.9 Å². The highest BCUT2D eigenvalue weighted by Gasteiger charge is 2.32. The van der Waals surface area contributed by atoms with Gasteiger partial charge in [-0.2, -0.15) is 0 Å². The quantitative estimate of drug-likeness (QED) is 0.249. The van der Waals surface area contributed by atoms with Crippen LogP contribution in [0.2, 0.25) is 5.02 Å². The van der Waals surface area contributed by atoms with Crippen molar-refractivity contribution < 1.29 is 32.6 Å². The standard InChI is InChI=1S/C28H28ClN3O7S2/c1-17(20-5-3-4-6-21(20)29)39-24-14-25(40-26(24)27(33)38-2)32-16-30-22-8-7-18(13-23(22)32)15-41(36,37)19-9-11-31(12-10-19)28(34)35/h3-8,13-14,16-17,19H,9-12,15H2,1-2H3,(H,34,35)/t17-/m1/s1. The Balaban J connectivity index is 1.43. The summed E-state index contributed by atoms with van der Waals surface area (Å²) >= 11 is 7.52. The summed E-state index contributed by atoms with van der Waals surface area (Å²) in [6, 6.07) is 14.3. The third kappa shape index (κ3) is 6.04. The molecule has 41 heavy (non-hydrogen) atoms. The average Bonchev–Trinajstić information content (AvgIpc) is 3.56. The summed E-state index contributed by atoms with van der Waals surface area (Å²) in [5, 5.41) is 9.74. The predicted octanol–water partition coefficient (Wildman–Crippen LogP) is 5.72. The smallest absolute Gasteiger partial charge is 0.407 e. The normalized spacial score (nSPS) is 15.1. The van der Waals surface area contributed by atoms with Crippen LogP contribution >= 0.6 is 22.9 Å². The Kier molecular flexibility index (Phi) is 8.25. The molecular weight excluding hydrogens is 590 g/mol. The fraction of sp³-hybridized carbons (Fsp3) is 0.321. The molecular formula is C28H28ClN3O7S2. The second-order valence-corrected chi connectivity index (χ2v) is 13.5. The summed E-state index contributed by atoms with van der Waals surface area (Å²) in [5.41, 5.74) is 2.68. The van der Waals surface area contributed by atoms with Gasteiger partial charge in [0.15, 0.2) is 14.7 Å². The number of aromatic nitrogens is 2. The summed E-state index contributed by atoms with van der Waals surface area (Å²) in [7, 11) is -2.21. The number of benzene rings is 2. The Morgan fingerprint density at radius 2 is 1.90 bits per heavy atom. The van der Waals surface area contributed by atoms with Crippen LogP contribution in [0.5, 0.6) is 5.75 Å². The topological polar surface area (TPSA) is 128 Å². The van der Waals surface area contributed by atoms with Gasteiger partial charge < -0.3 is 19.5 Å². The Labute approximate surface area is 246 Å². The van der Waals surface area contributed by atoms with Gasteiger partial charge >= 0.3 is 12.1 Å². The van der Waals surface area contributed by atoms with Crippen LogP contribution in [0.15, 0.2) is 54.9 Å². The van der Waals surface area contributed by atoms with E-state index in [0.29, 0.717) is 32.4 Å². The lowest BCUT2D eigenvalue weighted by atomic mass is 10.1. The van der Waals surface area contributed by atoms with Gasteiger partial charge in [-0.3, -0.25) is 4.57 Å². The van der Waals surface area contributed by atoms with Gasteiger partial charge in [0.2, 0.25) is 0 Å². The minimum absolute atomic E-state index is 0.173. The van der Waals surface area contributed by atoms with Gasteiger partial charge in [0.1, 0.15) is 23.2 Å². The Morgan fingerprint density at radius 1 is 1.17 bits per heavy atom. The molecule has 13 heteroatoms. The van der Waals surface area contributed by atoms with Crippen LogP contribution in [0, 0.1) is 0 Å². The highest BCUT2D eigenvalue weighted by atomic mass is 35.5. The highest BCUT2D eigenvalue weighted by molar-refractivity contribution is 7.91. The molecule has 0 spiro atoms.